The fourth-order valence-corrected chi connectivity index (χ4v) is 6.19. The minimum Gasteiger partial charge on any atom is -0.549 e. The van der Waals surface area contributed by atoms with Gasteiger partial charge in [0.2, 0.25) is 0 Å². The lowest BCUT2D eigenvalue weighted by Crippen LogP contribution is -2.47. The molecule has 1 N–H and O–H groups in total. The van der Waals surface area contributed by atoms with Crippen molar-refractivity contribution >= 4 is 11.5 Å². The van der Waals surface area contributed by atoms with Gasteiger partial charge in [-0.25, -0.2) is 0 Å². The molecule has 206 valence electrons. The van der Waals surface area contributed by atoms with Gasteiger partial charge in [0, 0.05) is 5.92 Å². The predicted octanol–water partition coefficient (Wildman–Crippen LogP) is 7.32. The van der Waals surface area contributed by atoms with E-state index in [0.717, 1.165) is 27.8 Å². The van der Waals surface area contributed by atoms with Gasteiger partial charge in [0.15, 0.2) is 0 Å². The summed E-state index contributed by atoms with van der Waals surface area (Å²) in [4.78, 5) is 12.9. The molecule has 3 heteroatoms. The lowest BCUT2D eigenvalue weighted by Gasteiger charge is -2.51. The van der Waals surface area contributed by atoms with Crippen molar-refractivity contribution < 1.29 is 15.0 Å². The SMILES string of the molecule is CC(C)(C)C1=CC(C(=O)[O-])C(c2ccccc2C(C)(C)C)=C(C(C)(C)C)C1(O)c1ccccc1C(C)(C)C. The number of carboxylic acid groups (broad SMARTS) is 1. The zero-order valence-electron chi connectivity index (χ0n) is 25.5. The van der Waals surface area contributed by atoms with Crippen molar-refractivity contribution in [1.29, 1.82) is 0 Å². The van der Waals surface area contributed by atoms with Gasteiger partial charge >= 0.3 is 0 Å². The molecule has 3 nitrogen and oxygen atoms in total. The molecule has 0 bridgehead atoms. The van der Waals surface area contributed by atoms with E-state index < -0.39 is 28.3 Å². The molecule has 3 rings (SSSR count). The standard InChI is InChI=1S/C35H48O3/c1-31(2,3)24-18-14-13-17-22(24)28-23(30(36)37)21-27(33(7,8)9)35(38,29(28)34(10,11)12)26-20-16-15-19-25(26)32(4,5)6/h13-21,23,38H,1-12H3,(H,36,37)/p-1. The highest BCUT2D eigenvalue weighted by molar-refractivity contribution is 5.93. The van der Waals surface area contributed by atoms with Gasteiger partial charge in [0.25, 0.3) is 0 Å². The Kier molecular flexibility index (Phi) is 7.49. The lowest BCUT2D eigenvalue weighted by atomic mass is 9.56. The van der Waals surface area contributed by atoms with Crippen LogP contribution in [0.1, 0.15) is 105 Å². The summed E-state index contributed by atoms with van der Waals surface area (Å²) in [6.07, 6.45) is 1.78. The van der Waals surface area contributed by atoms with E-state index in [4.69, 9.17) is 0 Å². The largest absolute Gasteiger partial charge is 0.549 e. The quantitative estimate of drug-likeness (QED) is 0.436. The topological polar surface area (TPSA) is 60.4 Å². The van der Waals surface area contributed by atoms with Crippen LogP contribution in [0.4, 0.5) is 0 Å². The van der Waals surface area contributed by atoms with E-state index in [1.807, 2.05) is 57.2 Å². The van der Waals surface area contributed by atoms with Crippen LogP contribution in [-0.4, -0.2) is 11.1 Å². The van der Waals surface area contributed by atoms with Crippen molar-refractivity contribution in [2.24, 2.45) is 16.7 Å². The molecule has 1 aliphatic rings. The number of aliphatic hydroxyl groups is 1. The van der Waals surface area contributed by atoms with Crippen LogP contribution in [-0.2, 0) is 21.2 Å². The molecule has 0 saturated carbocycles. The van der Waals surface area contributed by atoms with Crippen LogP contribution in [0.25, 0.3) is 5.57 Å². The van der Waals surface area contributed by atoms with Crippen LogP contribution >= 0.6 is 0 Å². The third-order valence-corrected chi connectivity index (χ3v) is 7.63. The molecule has 0 aromatic heterocycles. The van der Waals surface area contributed by atoms with Crippen LogP contribution in [0.5, 0.6) is 0 Å². The van der Waals surface area contributed by atoms with Crippen molar-refractivity contribution in [2.45, 2.75) is 99.5 Å². The summed E-state index contributed by atoms with van der Waals surface area (Å²) in [5, 5.41) is 26.3. The van der Waals surface area contributed by atoms with Crippen molar-refractivity contribution in [2.75, 3.05) is 0 Å². The highest BCUT2D eigenvalue weighted by Gasteiger charge is 2.52. The highest BCUT2D eigenvalue weighted by atomic mass is 16.4. The molecule has 38 heavy (non-hydrogen) atoms. The van der Waals surface area contributed by atoms with Gasteiger partial charge in [-0.15, -0.1) is 0 Å². The third-order valence-electron chi connectivity index (χ3n) is 7.63. The van der Waals surface area contributed by atoms with Crippen molar-refractivity contribution in [3.8, 4) is 0 Å². The van der Waals surface area contributed by atoms with Crippen molar-refractivity contribution in [1.82, 2.24) is 0 Å². The molecule has 2 aromatic carbocycles. The molecule has 2 aromatic rings. The Morgan fingerprint density at radius 1 is 0.711 bits per heavy atom. The third kappa shape index (κ3) is 5.27. The molecule has 0 saturated heterocycles. The van der Waals surface area contributed by atoms with Gasteiger partial charge in [0.05, 0.1) is 5.97 Å². The van der Waals surface area contributed by atoms with Crippen LogP contribution in [0.3, 0.4) is 0 Å². The van der Waals surface area contributed by atoms with Gasteiger partial charge in [-0.3, -0.25) is 0 Å². The Bertz CT molecular complexity index is 1280. The maximum absolute atomic E-state index is 13.4. The van der Waals surface area contributed by atoms with Gasteiger partial charge in [-0.1, -0.05) is 138 Å². The smallest absolute Gasteiger partial charge is 0.134 e. The molecule has 0 spiro atoms. The van der Waals surface area contributed by atoms with Crippen molar-refractivity contribution in [3.63, 3.8) is 0 Å². The van der Waals surface area contributed by atoms with Gasteiger partial charge in [-0.2, -0.15) is 0 Å². The fourth-order valence-electron chi connectivity index (χ4n) is 6.19. The molecular formula is C35H47O3-. The minimum atomic E-state index is -1.52. The van der Waals surface area contributed by atoms with E-state index in [9.17, 15) is 15.0 Å². The Balaban J connectivity index is 2.68. The van der Waals surface area contributed by atoms with E-state index in [0.29, 0.717) is 11.1 Å². The molecular weight excluding hydrogens is 468 g/mol. The van der Waals surface area contributed by atoms with Crippen LogP contribution in [0.2, 0.25) is 0 Å². The molecule has 0 fully saturated rings. The summed E-state index contributed by atoms with van der Waals surface area (Å²) >= 11 is 0. The van der Waals surface area contributed by atoms with Crippen LogP contribution < -0.4 is 5.11 Å². The van der Waals surface area contributed by atoms with Crippen molar-refractivity contribution in [3.05, 3.63) is 88.0 Å². The summed E-state index contributed by atoms with van der Waals surface area (Å²) in [6, 6.07) is 16.1. The Labute approximate surface area is 230 Å². The zero-order valence-corrected chi connectivity index (χ0v) is 25.5. The zero-order chi connectivity index (χ0) is 29.1. The molecule has 2 atom stereocenters. The average molecular weight is 516 g/mol. The minimum absolute atomic E-state index is 0.238. The first-order valence-corrected chi connectivity index (χ1v) is 13.7. The summed E-state index contributed by atoms with van der Waals surface area (Å²) in [6.45, 7) is 25.2. The van der Waals surface area contributed by atoms with Gasteiger partial charge in [-0.05, 0) is 60.6 Å². The number of carbonyl (C=O) groups is 1. The molecule has 0 radical (unpaired) electrons. The normalized spacial score (nSPS) is 21.4. The lowest BCUT2D eigenvalue weighted by molar-refractivity contribution is -0.307. The Morgan fingerprint density at radius 2 is 1.18 bits per heavy atom. The average Bonchev–Trinajstić information content (AvgIpc) is 2.75. The fraction of sp³-hybridized carbons (Fsp3) is 0.514. The number of hydrogen-bond acceptors (Lipinski definition) is 3. The maximum Gasteiger partial charge on any atom is 0.134 e. The first kappa shape index (κ1) is 29.9. The molecule has 0 aliphatic heterocycles. The number of carboxylic acids is 1. The molecule has 0 heterocycles. The number of hydrogen-bond donors (Lipinski definition) is 1. The number of carbonyl (C=O) groups excluding carboxylic acids is 1. The molecule has 2 unspecified atom stereocenters. The van der Waals surface area contributed by atoms with E-state index >= 15 is 0 Å². The van der Waals surface area contributed by atoms with E-state index in [1.54, 1.807) is 6.08 Å². The van der Waals surface area contributed by atoms with Gasteiger partial charge < -0.3 is 15.0 Å². The summed E-state index contributed by atoms with van der Waals surface area (Å²) in [7, 11) is 0. The second kappa shape index (κ2) is 9.52. The molecule has 1 aliphatic carbocycles. The number of aliphatic carboxylic acids is 1. The first-order chi connectivity index (χ1) is 17.1. The van der Waals surface area contributed by atoms with E-state index in [1.165, 1.54) is 0 Å². The summed E-state index contributed by atoms with van der Waals surface area (Å²) in [5.41, 5.74) is 2.71. The highest BCUT2D eigenvalue weighted by Crippen LogP contribution is 2.59. The summed E-state index contributed by atoms with van der Waals surface area (Å²) in [5.74, 6) is -2.15. The number of rotatable bonds is 3. The second-order valence-electron chi connectivity index (χ2n) is 15.0. The van der Waals surface area contributed by atoms with Gasteiger partial charge in [0.1, 0.15) is 5.60 Å². The van der Waals surface area contributed by atoms with Crippen LogP contribution in [0.15, 0.2) is 65.8 Å². The predicted molar refractivity (Wildman–Crippen MR) is 157 cm³/mol. The van der Waals surface area contributed by atoms with Crippen LogP contribution in [0, 0.1) is 16.7 Å². The van der Waals surface area contributed by atoms with E-state index in [-0.39, 0.29) is 10.8 Å². The molecule has 0 amide bonds. The summed E-state index contributed by atoms with van der Waals surface area (Å²) < 4.78 is 0. The number of benzene rings is 2. The second-order valence-corrected chi connectivity index (χ2v) is 15.0. The Hall–Kier alpha value is -2.65. The monoisotopic (exact) mass is 515 g/mol. The maximum atomic E-state index is 13.4. The van der Waals surface area contributed by atoms with E-state index in [2.05, 4.69) is 74.4 Å². The Morgan fingerprint density at radius 3 is 1.63 bits per heavy atom. The first-order valence-electron chi connectivity index (χ1n) is 13.7.